The average molecular weight is 683 g/mol. The fraction of sp³-hybridized carbons (Fsp3) is 0.824. The number of hydrogen-bond acceptors (Lipinski definition) is 10. The molecule has 2 aliphatic rings. The Morgan fingerprint density at radius 3 is 1.58 bits per heavy atom. The van der Waals surface area contributed by atoms with Crippen LogP contribution in [0.1, 0.15) is 65.2 Å². The second-order valence-electron chi connectivity index (χ2n) is 12.4. The van der Waals surface area contributed by atoms with Crippen LogP contribution in [0.2, 0.25) is 0 Å². The minimum absolute atomic E-state index is 0.0515. The van der Waals surface area contributed by atoms with Gasteiger partial charge >= 0.3 is 11.9 Å². The van der Waals surface area contributed by atoms with Crippen molar-refractivity contribution in [2.24, 2.45) is 11.8 Å². The molecule has 0 unspecified atom stereocenters. The molecular weight excluding hydrogens is 624 g/mol. The summed E-state index contributed by atoms with van der Waals surface area (Å²) in [5.41, 5.74) is 0. The smallest absolute Gasteiger partial charge is 0.326 e. The summed E-state index contributed by atoms with van der Waals surface area (Å²) in [6.07, 6.45) is 9.42. The van der Waals surface area contributed by atoms with E-state index < -0.39 is 47.7 Å². The highest BCUT2D eigenvalue weighted by molar-refractivity contribution is 5.92. The molecule has 4 atom stereocenters. The van der Waals surface area contributed by atoms with Gasteiger partial charge in [-0.1, -0.05) is 45.5 Å². The predicted octanol–water partition coefficient (Wildman–Crippen LogP) is 1.22. The molecule has 2 rings (SSSR count). The first-order valence-corrected chi connectivity index (χ1v) is 17.5. The highest BCUT2D eigenvalue weighted by Gasteiger charge is 2.46. The molecule has 14 nitrogen and oxygen atoms in total. The quantitative estimate of drug-likeness (QED) is 0.0760. The molecule has 2 amide bonds. The van der Waals surface area contributed by atoms with Crippen molar-refractivity contribution in [3.63, 3.8) is 0 Å². The van der Waals surface area contributed by atoms with Crippen LogP contribution in [-0.4, -0.2) is 147 Å². The molecule has 48 heavy (non-hydrogen) atoms. The van der Waals surface area contributed by atoms with Crippen molar-refractivity contribution in [3.8, 4) is 12.3 Å². The maximum absolute atomic E-state index is 13.5. The summed E-state index contributed by atoms with van der Waals surface area (Å²) in [6, 6.07) is -2.11. The van der Waals surface area contributed by atoms with Crippen molar-refractivity contribution >= 4 is 23.8 Å². The molecule has 0 aromatic carbocycles. The number of terminal acetylenes is 1. The Morgan fingerprint density at radius 1 is 0.729 bits per heavy atom. The number of ether oxygens (including phenoxy) is 4. The van der Waals surface area contributed by atoms with Crippen molar-refractivity contribution < 1.29 is 48.3 Å². The molecular formula is C34H58N4O10. The number of carbonyl (C=O) groups excluding carboxylic acids is 2. The number of unbranched alkanes of at least 4 members (excludes halogenated alkanes) is 2. The highest BCUT2D eigenvalue weighted by Crippen LogP contribution is 2.36. The van der Waals surface area contributed by atoms with E-state index in [2.05, 4.69) is 26.4 Å². The first-order chi connectivity index (χ1) is 23.2. The van der Waals surface area contributed by atoms with Gasteiger partial charge in [-0.05, 0) is 25.7 Å². The van der Waals surface area contributed by atoms with Crippen molar-refractivity contribution in [1.29, 1.82) is 0 Å². The van der Waals surface area contributed by atoms with Crippen LogP contribution in [0.4, 0.5) is 0 Å². The highest BCUT2D eigenvalue weighted by atomic mass is 16.6. The molecule has 274 valence electrons. The molecule has 1 saturated heterocycles. The Hall–Kier alpha value is -2.80. The Morgan fingerprint density at radius 2 is 1.17 bits per heavy atom. The summed E-state index contributed by atoms with van der Waals surface area (Å²) in [6.45, 7) is 11.5. The van der Waals surface area contributed by atoms with Gasteiger partial charge in [0.15, 0.2) is 0 Å². The van der Waals surface area contributed by atoms with Crippen LogP contribution in [0.5, 0.6) is 0 Å². The first kappa shape index (κ1) is 41.4. The standard InChI is InChI=1S/C34H58N4O10/c1-4-7-9-29(33(41)42)35-31(39)27-24-26(25-28(27)32(40)36-30(34(43)44)10-8-5-2)38-13-11-37(12-14-38)15-17-46-19-21-48-23-22-47-20-18-45-16-6-3/h3,26-30H,4-5,7-25H2,1-2H3,(H,35,39)(H,36,40)(H,41,42)(H,43,44)/t27-,28-,29+,30+/m1/s1. The lowest BCUT2D eigenvalue weighted by Crippen LogP contribution is -2.50. The van der Waals surface area contributed by atoms with E-state index in [0.717, 1.165) is 45.6 Å². The largest absolute Gasteiger partial charge is 0.480 e. The van der Waals surface area contributed by atoms with Crippen LogP contribution in [0.25, 0.3) is 0 Å². The number of carboxylic acid groups (broad SMARTS) is 2. The minimum atomic E-state index is -1.10. The van der Waals surface area contributed by atoms with E-state index in [1.165, 1.54) is 0 Å². The van der Waals surface area contributed by atoms with E-state index in [1.54, 1.807) is 0 Å². The summed E-state index contributed by atoms with van der Waals surface area (Å²) in [5, 5.41) is 24.7. The van der Waals surface area contributed by atoms with Crippen LogP contribution in [0.15, 0.2) is 0 Å². The lowest BCUT2D eigenvalue weighted by molar-refractivity contribution is -0.145. The van der Waals surface area contributed by atoms with Crippen LogP contribution >= 0.6 is 0 Å². The molecule has 2 fully saturated rings. The summed E-state index contributed by atoms with van der Waals surface area (Å²) in [7, 11) is 0. The molecule has 1 saturated carbocycles. The third-order valence-electron chi connectivity index (χ3n) is 8.91. The Balaban J connectivity index is 1.83. The number of amides is 2. The predicted molar refractivity (Wildman–Crippen MR) is 178 cm³/mol. The topological polar surface area (TPSA) is 176 Å². The molecule has 1 aliphatic carbocycles. The third-order valence-corrected chi connectivity index (χ3v) is 8.91. The number of piperazine rings is 1. The van der Waals surface area contributed by atoms with Crippen LogP contribution in [0.3, 0.4) is 0 Å². The first-order valence-electron chi connectivity index (χ1n) is 17.5. The molecule has 0 radical (unpaired) electrons. The molecule has 0 spiro atoms. The van der Waals surface area contributed by atoms with Crippen LogP contribution < -0.4 is 10.6 Å². The Labute approximate surface area is 285 Å². The number of carbonyl (C=O) groups is 4. The summed E-state index contributed by atoms with van der Waals surface area (Å²) < 4.78 is 21.8. The van der Waals surface area contributed by atoms with Gasteiger partial charge in [-0.15, -0.1) is 6.42 Å². The zero-order valence-corrected chi connectivity index (χ0v) is 28.9. The number of aliphatic carboxylic acids is 2. The maximum atomic E-state index is 13.5. The third kappa shape index (κ3) is 15.6. The second kappa shape index (κ2) is 24.4. The minimum Gasteiger partial charge on any atom is -0.480 e. The molecule has 1 aliphatic heterocycles. The van der Waals surface area contributed by atoms with E-state index in [-0.39, 0.29) is 12.6 Å². The number of nitrogens with zero attached hydrogens (tertiary/aromatic N) is 2. The van der Waals surface area contributed by atoms with Crippen molar-refractivity contribution in [1.82, 2.24) is 20.4 Å². The van der Waals surface area contributed by atoms with Gasteiger partial charge < -0.3 is 39.8 Å². The summed E-state index contributed by atoms with van der Waals surface area (Å²) in [4.78, 5) is 55.2. The fourth-order valence-corrected chi connectivity index (χ4v) is 6.11. The second-order valence-corrected chi connectivity index (χ2v) is 12.4. The van der Waals surface area contributed by atoms with Gasteiger partial charge in [0, 0.05) is 38.8 Å². The maximum Gasteiger partial charge on any atom is 0.326 e. The molecule has 0 aromatic heterocycles. The average Bonchev–Trinajstić information content (AvgIpc) is 3.53. The van der Waals surface area contributed by atoms with Crippen molar-refractivity contribution in [2.75, 3.05) is 85.6 Å². The van der Waals surface area contributed by atoms with Gasteiger partial charge in [-0.25, -0.2) is 9.59 Å². The van der Waals surface area contributed by atoms with Crippen molar-refractivity contribution in [2.45, 2.75) is 83.3 Å². The van der Waals surface area contributed by atoms with E-state index >= 15 is 0 Å². The fourth-order valence-electron chi connectivity index (χ4n) is 6.11. The van der Waals surface area contributed by atoms with E-state index in [9.17, 15) is 29.4 Å². The zero-order chi connectivity index (χ0) is 35.1. The van der Waals surface area contributed by atoms with Gasteiger partial charge in [0.25, 0.3) is 0 Å². The summed E-state index contributed by atoms with van der Waals surface area (Å²) >= 11 is 0. The van der Waals surface area contributed by atoms with Gasteiger partial charge in [-0.3, -0.25) is 19.4 Å². The normalized spacial score (nSPS) is 20.2. The van der Waals surface area contributed by atoms with E-state index in [0.29, 0.717) is 84.8 Å². The number of nitrogens with one attached hydrogen (secondary N) is 2. The SMILES string of the molecule is C#CCOCCOCCOCCOCCN1CCN(C2C[C@@H](C(=O)N[C@@H](CCCC)C(=O)O)[C@H](C(=O)N[C@@H](CCCC)C(=O)O)C2)CC1. The number of carboxylic acids is 2. The lowest BCUT2D eigenvalue weighted by atomic mass is 9.93. The molecule has 4 N–H and O–H groups in total. The van der Waals surface area contributed by atoms with Crippen molar-refractivity contribution in [3.05, 3.63) is 0 Å². The Kier molecular flexibility index (Phi) is 21.0. The van der Waals surface area contributed by atoms with Gasteiger partial charge in [0.2, 0.25) is 11.8 Å². The molecule has 0 aromatic rings. The number of rotatable bonds is 26. The van der Waals surface area contributed by atoms with Crippen LogP contribution in [0, 0.1) is 24.2 Å². The van der Waals surface area contributed by atoms with E-state index in [4.69, 9.17) is 25.4 Å². The van der Waals surface area contributed by atoms with Gasteiger partial charge in [0.05, 0.1) is 58.1 Å². The van der Waals surface area contributed by atoms with Gasteiger partial charge in [0.1, 0.15) is 18.7 Å². The Bertz CT molecular complexity index is 953. The van der Waals surface area contributed by atoms with E-state index in [1.807, 2.05) is 13.8 Å². The number of hydrogen-bond donors (Lipinski definition) is 4. The molecule has 1 heterocycles. The monoisotopic (exact) mass is 682 g/mol. The van der Waals surface area contributed by atoms with Gasteiger partial charge in [-0.2, -0.15) is 0 Å². The molecule has 0 bridgehead atoms. The van der Waals surface area contributed by atoms with Crippen LogP contribution in [-0.2, 0) is 38.1 Å². The lowest BCUT2D eigenvalue weighted by Gasteiger charge is -2.38. The zero-order valence-electron chi connectivity index (χ0n) is 28.9. The molecule has 14 heteroatoms. The summed E-state index contributed by atoms with van der Waals surface area (Å²) in [5.74, 6) is -2.21.